The second kappa shape index (κ2) is 7.48. The molecule has 0 heterocycles. The number of esters is 1. The largest absolute Gasteiger partial charge is 0.491 e. The van der Waals surface area contributed by atoms with E-state index in [1.54, 1.807) is 13.0 Å². The van der Waals surface area contributed by atoms with Crippen molar-refractivity contribution in [3.8, 4) is 5.75 Å². The van der Waals surface area contributed by atoms with Crippen LogP contribution < -0.4 is 4.74 Å². The zero-order chi connectivity index (χ0) is 15.1. The highest BCUT2D eigenvalue weighted by molar-refractivity contribution is 5.94. The first-order valence-corrected chi connectivity index (χ1v) is 6.52. The van der Waals surface area contributed by atoms with Crippen LogP contribution in [0.5, 0.6) is 5.75 Å². The van der Waals surface area contributed by atoms with Crippen LogP contribution >= 0.6 is 0 Å². The molecule has 0 saturated heterocycles. The van der Waals surface area contributed by atoms with E-state index in [0.717, 1.165) is 11.3 Å². The van der Waals surface area contributed by atoms with Crippen LogP contribution in [0.25, 0.3) is 6.08 Å². The molecule has 0 radical (unpaired) electrons. The lowest BCUT2D eigenvalue weighted by Crippen LogP contribution is -2.07. The van der Waals surface area contributed by atoms with E-state index in [-0.39, 0.29) is 18.3 Å². The fourth-order valence-electron chi connectivity index (χ4n) is 1.60. The Hall–Kier alpha value is -2.10. The van der Waals surface area contributed by atoms with Crippen molar-refractivity contribution in [3.63, 3.8) is 0 Å². The summed E-state index contributed by atoms with van der Waals surface area (Å²) in [6.07, 6.45) is 1.66. The van der Waals surface area contributed by atoms with Gasteiger partial charge in [0.05, 0.1) is 6.10 Å². The SMILES string of the molecule is CC(=O)CC(=O)O/C(C)=C/c1ccc(OC(C)C)cc1. The maximum absolute atomic E-state index is 11.3. The second-order valence-electron chi connectivity index (χ2n) is 4.84. The summed E-state index contributed by atoms with van der Waals surface area (Å²) >= 11 is 0. The number of ether oxygens (including phenoxy) is 2. The average molecular weight is 276 g/mol. The van der Waals surface area contributed by atoms with E-state index in [1.807, 2.05) is 38.1 Å². The first kappa shape index (κ1) is 16.0. The van der Waals surface area contributed by atoms with Gasteiger partial charge in [-0.15, -0.1) is 0 Å². The molecular formula is C16H20O4. The van der Waals surface area contributed by atoms with E-state index < -0.39 is 5.97 Å². The van der Waals surface area contributed by atoms with Crippen molar-refractivity contribution in [1.29, 1.82) is 0 Å². The van der Waals surface area contributed by atoms with Crippen molar-refractivity contribution in [1.82, 2.24) is 0 Å². The molecule has 0 aliphatic heterocycles. The third-order valence-electron chi connectivity index (χ3n) is 2.29. The Morgan fingerprint density at radius 2 is 1.75 bits per heavy atom. The Labute approximate surface area is 119 Å². The van der Waals surface area contributed by atoms with Crippen LogP contribution in [0.4, 0.5) is 0 Å². The van der Waals surface area contributed by atoms with Gasteiger partial charge in [-0.2, -0.15) is 0 Å². The van der Waals surface area contributed by atoms with Gasteiger partial charge in [0, 0.05) is 0 Å². The van der Waals surface area contributed by atoms with Crippen LogP contribution in [-0.2, 0) is 14.3 Å². The Balaban J connectivity index is 2.64. The molecule has 0 unspecified atom stereocenters. The summed E-state index contributed by atoms with van der Waals surface area (Å²) in [6.45, 7) is 6.96. The highest BCUT2D eigenvalue weighted by atomic mass is 16.5. The van der Waals surface area contributed by atoms with Crippen LogP contribution in [0.1, 0.15) is 39.7 Å². The third kappa shape index (κ3) is 6.18. The normalized spacial score (nSPS) is 11.3. The monoisotopic (exact) mass is 276 g/mol. The lowest BCUT2D eigenvalue weighted by Gasteiger charge is -2.09. The van der Waals surface area contributed by atoms with Gasteiger partial charge in [0.2, 0.25) is 0 Å². The first-order valence-electron chi connectivity index (χ1n) is 6.52. The molecule has 0 atom stereocenters. The van der Waals surface area contributed by atoms with Gasteiger partial charge < -0.3 is 9.47 Å². The van der Waals surface area contributed by atoms with Crippen LogP contribution in [0.15, 0.2) is 30.0 Å². The molecule has 1 aromatic carbocycles. The minimum Gasteiger partial charge on any atom is -0.491 e. The van der Waals surface area contributed by atoms with Gasteiger partial charge in [-0.25, -0.2) is 0 Å². The average Bonchev–Trinajstić information content (AvgIpc) is 2.29. The molecule has 0 saturated carbocycles. The summed E-state index contributed by atoms with van der Waals surface area (Å²) in [4.78, 5) is 22.1. The molecule has 1 rings (SSSR count). The number of hydrogen-bond donors (Lipinski definition) is 0. The van der Waals surface area contributed by atoms with Crippen LogP contribution in [0.2, 0.25) is 0 Å². The van der Waals surface area contributed by atoms with Gasteiger partial charge in [-0.1, -0.05) is 12.1 Å². The molecule has 20 heavy (non-hydrogen) atoms. The predicted molar refractivity (Wildman–Crippen MR) is 77.2 cm³/mol. The summed E-state index contributed by atoms with van der Waals surface area (Å²) in [5.41, 5.74) is 0.897. The minimum absolute atomic E-state index is 0.130. The minimum atomic E-state index is -0.536. The van der Waals surface area contributed by atoms with Gasteiger partial charge in [0.15, 0.2) is 0 Å². The fourth-order valence-corrected chi connectivity index (χ4v) is 1.60. The molecule has 1 aromatic rings. The smallest absolute Gasteiger partial charge is 0.318 e. The number of ketones is 1. The topological polar surface area (TPSA) is 52.6 Å². The molecule has 108 valence electrons. The fraction of sp³-hybridized carbons (Fsp3) is 0.375. The van der Waals surface area contributed by atoms with E-state index in [9.17, 15) is 9.59 Å². The number of carbonyl (C=O) groups excluding carboxylic acids is 2. The number of benzene rings is 1. The summed E-state index contributed by atoms with van der Waals surface area (Å²) in [7, 11) is 0. The maximum atomic E-state index is 11.3. The van der Waals surface area contributed by atoms with Crippen molar-refractivity contribution in [2.24, 2.45) is 0 Å². The van der Waals surface area contributed by atoms with Gasteiger partial charge in [-0.05, 0) is 51.5 Å². The van der Waals surface area contributed by atoms with Crippen molar-refractivity contribution in [3.05, 3.63) is 35.6 Å². The predicted octanol–water partition coefficient (Wildman–Crippen LogP) is 3.36. The first-order chi connectivity index (χ1) is 9.36. The Morgan fingerprint density at radius 3 is 2.25 bits per heavy atom. The van der Waals surface area contributed by atoms with Gasteiger partial charge in [-0.3, -0.25) is 9.59 Å². The van der Waals surface area contributed by atoms with Crippen molar-refractivity contribution >= 4 is 17.8 Å². The molecule has 0 fully saturated rings. The molecular weight excluding hydrogens is 256 g/mol. The molecule has 0 aromatic heterocycles. The van der Waals surface area contributed by atoms with E-state index in [1.165, 1.54) is 6.92 Å². The van der Waals surface area contributed by atoms with Gasteiger partial charge in [0.1, 0.15) is 23.7 Å². The summed E-state index contributed by atoms with van der Waals surface area (Å²) in [5.74, 6) is 0.501. The van der Waals surface area contributed by atoms with Crippen LogP contribution in [-0.4, -0.2) is 17.9 Å². The summed E-state index contributed by atoms with van der Waals surface area (Å²) in [6, 6.07) is 7.47. The molecule has 4 heteroatoms. The van der Waals surface area contributed by atoms with E-state index in [2.05, 4.69) is 0 Å². The second-order valence-corrected chi connectivity index (χ2v) is 4.84. The van der Waals surface area contributed by atoms with Crippen LogP contribution in [0.3, 0.4) is 0 Å². The Bertz CT molecular complexity index is 498. The molecule has 4 nitrogen and oxygen atoms in total. The van der Waals surface area contributed by atoms with Crippen LogP contribution in [0, 0.1) is 0 Å². The van der Waals surface area contributed by atoms with Crippen molar-refractivity contribution in [2.45, 2.75) is 40.2 Å². The zero-order valence-corrected chi connectivity index (χ0v) is 12.3. The lowest BCUT2D eigenvalue weighted by atomic mass is 10.2. The van der Waals surface area contributed by atoms with E-state index >= 15 is 0 Å². The van der Waals surface area contributed by atoms with Crippen molar-refractivity contribution < 1.29 is 19.1 Å². The number of Topliss-reactive ketones (excluding diaryl/α,β-unsaturated/α-hetero) is 1. The molecule has 0 aliphatic carbocycles. The Morgan fingerprint density at radius 1 is 1.15 bits per heavy atom. The summed E-state index contributed by atoms with van der Waals surface area (Å²) in [5, 5.41) is 0. The summed E-state index contributed by atoms with van der Waals surface area (Å²) < 4.78 is 10.6. The third-order valence-corrected chi connectivity index (χ3v) is 2.29. The zero-order valence-electron chi connectivity index (χ0n) is 12.3. The Kier molecular flexibility index (Phi) is 5.97. The highest BCUT2D eigenvalue weighted by Crippen LogP contribution is 2.16. The van der Waals surface area contributed by atoms with Crippen molar-refractivity contribution in [2.75, 3.05) is 0 Å². The number of carbonyl (C=O) groups is 2. The van der Waals surface area contributed by atoms with E-state index in [4.69, 9.17) is 9.47 Å². The molecule has 0 aliphatic rings. The van der Waals surface area contributed by atoms with E-state index in [0.29, 0.717) is 5.76 Å². The molecule has 0 amide bonds. The quantitative estimate of drug-likeness (QED) is 0.454. The standard InChI is InChI=1S/C16H20O4/c1-11(2)19-15-7-5-14(6-8-15)10-13(4)20-16(18)9-12(3)17/h5-8,10-11H,9H2,1-4H3/b13-10+. The number of rotatable bonds is 6. The number of hydrogen-bond acceptors (Lipinski definition) is 4. The molecule has 0 N–H and O–H groups in total. The molecule has 0 spiro atoms. The maximum Gasteiger partial charge on any atom is 0.318 e. The lowest BCUT2D eigenvalue weighted by molar-refractivity contribution is -0.141. The number of allylic oxidation sites excluding steroid dienone is 1. The molecule has 0 bridgehead atoms. The highest BCUT2D eigenvalue weighted by Gasteiger charge is 2.07. The van der Waals surface area contributed by atoms with Gasteiger partial charge >= 0.3 is 5.97 Å². The van der Waals surface area contributed by atoms with Gasteiger partial charge in [0.25, 0.3) is 0 Å².